The van der Waals surface area contributed by atoms with Crippen molar-refractivity contribution in [3.05, 3.63) is 242 Å². The topological polar surface area (TPSA) is 34.6 Å². The summed E-state index contributed by atoms with van der Waals surface area (Å²) in [6, 6.07) is 86.3. The number of para-hydroxylation sites is 4. The van der Waals surface area contributed by atoms with Crippen LogP contribution in [0.4, 0.5) is 0 Å². The summed E-state index contributed by atoms with van der Waals surface area (Å²) in [4.78, 5) is 11.3. The molecular formula is C58H42N4Si. The molecule has 1 unspecified atom stereocenters. The Morgan fingerprint density at radius 1 is 0.365 bits per heavy atom. The Balaban J connectivity index is 1.11. The van der Waals surface area contributed by atoms with E-state index in [-0.39, 0.29) is 6.04 Å². The van der Waals surface area contributed by atoms with E-state index in [4.69, 9.17) is 9.98 Å². The van der Waals surface area contributed by atoms with Crippen molar-refractivity contribution in [2.45, 2.75) is 12.5 Å². The summed E-state index contributed by atoms with van der Waals surface area (Å²) in [5.74, 6) is 1.66. The molecule has 0 fully saturated rings. The molecule has 1 atom stereocenters. The fraction of sp³-hybridized carbons (Fsp3) is 0.0345. The lowest BCUT2D eigenvalue weighted by molar-refractivity contribution is 0.734. The van der Waals surface area contributed by atoms with E-state index in [9.17, 15) is 0 Å². The van der Waals surface area contributed by atoms with Crippen molar-refractivity contribution >= 4 is 84.2 Å². The molecule has 9 aromatic carbocycles. The molecule has 5 heteroatoms. The molecular weight excluding hydrogens is 781 g/mol. The van der Waals surface area contributed by atoms with Crippen molar-refractivity contribution in [3.8, 4) is 11.1 Å². The van der Waals surface area contributed by atoms with Gasteiger partial charge in [0.15, 0.2) is 8.07 Å². The molecule has 0 radical (unpaired) electrons. The van der Waals surface area contributed by atoms with Crippen LogP contribution in [0.25, 0.3) is 54.7 Å². The maximum atomic E-state index is 5.70. The molecule has 0 saturated heterocycles. The van der Waals surface area contributed by atoms with E-state index in [0.29, 0.717) is 12.4 Å². The third-order valence-corrected chi connectivity index (χ3v) is 17.8. The highest BCUT2D eigenvalue weighted by molar-refractivity contribution is 7.20. The first-order chi connectivity index (χ1) is 31.3. The molecule has 12 rings (SSSR count). The van der Waals surface area contributed by atoms with E-state index >= 15 is 0 Å². The van der Waals surface area contributed by atoms with Gasteiger partial charge in [-0.25, -0.2) is 4.99 Å². The van der Waals surface area contributed by atoms with Crippen LogP contribution in [0.15, 0.2) is 247 Å². The van der Waals surface area contributed by atoms with Gasteiger partial charge in [0.2, 0.25) is 5.96 Å². The standard InChI is InChI=1S/C58H42N4Si/c1-4-20-41(21-5-1)42-22-18-28-46(38-42)63(44-24-6-2-7-25-44,45-26-8-3-9-27-45)47-29-19-23-43(39-47)52-40-57(61-53-34-14-10-30-48(53)49-31-11-15-35-54(49)61)60-58(59-52)62-55-36-16-12-32-50(55)51-33-13-17-37-56(51)62/h1-39,52H,40H2. The van der Waals surface area contributed by atoms with E-state index in [1.165, 1.54) is 59.0 Å². The summed E-state index contributed by atoms with van der Waals surface area (Å²) in [5, 5.41) is 10.1. The Hall–Kier alpha value is -7.86. The molecule has 3 heterocycles. The third-order valence-electron chi connectivity index (χ3n) is 13.0. The second-order valence-corrected chi connectivity index (χ2v) is 20.3. The molecule has 1 aliphatic rings. The number of rotatable bonds is 6. The smallest absolute Gasteiger partial charge is 0.232 e. The number of benzene rings is 9. The molecule has 0 spiro atoms. The highest BCUT2D eigenvalue weighted by Gasteiger charge is 2.42. The zero-order valence-corrected chi connectivity index (χ0v) is 35.6. The lowest BCUT2D eigenvalue weighted by Gasteiger charge is -2.35. The second-order valence-electron chi connectivity index (χ2n) is 16.5. The molecule has 1 aliphatic heterocycles. The highest BCUT2D eigenvalue weighted by atomic mass is 28.3. The SMILES string of the molecule is c1ccc(-c2cccc([Si](c3ccccc3)(c3ccccc3)c3cccc(C4CC(n5c6ccccc6c6ccccc65)=NC(n5c6ccccc6c6ccccc65)=N4)c3)c2)cc1. The molecule has 0 N–H and O–H groups in total. The lowest BCUT2D eigenvalue weighted by atomic mass is 10.0. The zero-order valence-electron chi connectivity index (χ0n) is 34.6. The molecule has 298 valence electrons. The first kappa shape index (κ1) is 36.9. The summed E-state index contributed by atoms with van der Waals surface area (Å²) < 4.78 is 4.66. The van der Waals surface area contributed by atoms with Gasteiger partial charge in [-0.2, -0.15) is 4.99 Å². The van der Waals surface area contributed by atoms with Crippen LogP contribution in [-0.2, 0) is 0 Å². The average molecular weight is 823 g/mol. The summed E-state index contributed by atoms with van der Waals surface area (Å²) >= 11 is 0. The molecule has 0 bridgehead atoms. The van der Waals surface area contributed by atoms with E-state index in [0.717, 1.165) is 27.9 Å². The monoisotopic (exact) mass is 822 g/mol. The Labute approximate surface area is 367 Å². The van der Waals surface area contributed by atoms with Crippen LogP contribution in [0, 0.1) is 0 Å². The van der Waals surface area contributed by atoms with Gasteiger partial charge in [0.1, 0.15) is 5.84 Å². The van der Waals surface area contributed by atoms with E-state index < -0.39 is 8.07 Å². The van der Waals surface area contributed by atoms with Gasteiger partial charge < -0.3 is 0 Å². The third kappa shape index (κ3) is 6.04. The number of hydrogen-bond donors (Lipinski definition) is 0. The van der Waals surface area contributed by atoms with Crippen molar-refractivity contribution in [2.75, 3.05) is 0 Å². The fourth-order valence-corrected chi connectivity index (χ4v) is 15.1. The minimum Gasteiger partial charge on any atom is -0.297 e. The maximum Gasteiger partial charge on any atom is 0.232 e. The van der Waals surface area contributed by atoms with Gasteiger partial charge in [0.05, 0.1) is 28.1 Å². The van der Waals surface area contributed by atoms with Crippen LogP contribution in [0.2, 0.25) is 0 Å². The van der Waals surface area contributed by atoms with E-state index in [1.807, 2.05) is 0 Å². The Morgan fingerprint density at radius 2 is 0.778 bits per heavy atom. The van der Waals surface area contributed by atoms with Crippen LogP contribution >= 0.6 is 0 Å². The summed E-state index contributed by atoms with van der Waals surface area (Å²) in [6.07, 6.45) is 0.626. The molecule has 63 heavy (non-hydrogen) atoms. The normalized spacial score (nSPS) is 14.3. The van der Waals surface area contributed by atoms with Crippen molar-refractivity contribution in [3.63, 3.8) is 0 Å². The molecule has 2 aromatic heterocycles. The number of aliphatic imine (C=N–C) groups is 2. The molecule has 0 amide bonds. The van der Waals surface area contributed by atoms with Gasteiger partial charge in [-0.15, -0.1) is 0 Å². The summed E-state index contributed by atoms with van der Waals surface area (Å²) in [7, 11) is -2.93. The largest absolute Gasteiger partial charge is 0.297 e. The second kappa shape index (κ2) is 15.2. The summed E-state index contributed by atoms with van der Waals surface area (Å²) in [5.41, 5.74) is 8.07. The highest BCUT2D eigenvalue weighted by Crippen LogP contribution is 2.35. The van der Waals surface area contributed by atoms with E-state index in [2.05, 4.69) is 246 Å². The van der Waals surface area contributed by atoms with Gasteiger partial charge >= 0.3 is 0 Å². The molecule has 0 aliphatic carbocycles. The van der Waals surface area contributed by atoms with Crippen molar-refractivity contribution in [1.29, 1.82) is 0 Å². The van der Waals surface area contributed by atoms with Crippen molar-refractivity contribution in [1.82, 2.24) is 9.13 Å². The van der Waals surface area contributed by atoms with Gasteiger partial charge in [0.25, 0.3) is 0 Å². The Kier molecular flexibility index (Phi) is 8.94. The van der Waals surface area contributed by atoms with Crippen LogP contribution in [0.5, 0.6) is 0 Å². The molecule has 11 aromatic rings. The van der Waals surface area contributed by atoms with Crippen LogP contribution < -0.4 is 20.7 Å². The van der Waals surface area contributed by atoms with Crippen LogP contribution in [0.1, 0.15) is 18.0 Å². The van der Waals surface area contributed by atoms with E-state index in [1.54, 1.807) is 0 Å². The first-order valence-electron chi connectivity index (χ1n) is 21.8. The minimum atomic E-state index is -2.93. The van der Waals surface area contributed by atoms with Gasteiger partial charge in [-0.1, -0.05) is 212 Å². The fourth-order valence-electron chi connectivity index (χ4n) is 10.2. The number of aromatic nitrogens is 2. The lowest BCUT2D eigenvalue weighted by Crippen LogP contribution is -2.74. The van der Waals surface area contributed by atoms with Crippen LogP contribution in [0.3, 0.4) is 0 Å². The maximum absolute atomic E-state index is 5.70. The van der Waals surface area contributed by atoms with Gasteiger partial charge in [0, 0.05) is 28.0 Å². The number of hydrogen-bond acceptors (Lipinski definition) is 2. The van der Waals surface area contributed by atoms with Crippen molar-refractivity contribution < 1.29 is 0 Å². The van der Waals surface area contributed by atoms with Gasteiger partial charge in [-0.05, 0) is 61.7 Å². The molecule has 4 nitrogen and oxygen atoms in total. The Morgan fingerprint density at radius 3 is 1.32 bits per heavy atom. The van der Waals surface area contributed by atoms with Crippen LogP contribution in [-0.4, -0.2) is 29.0 Å². The number of nitrogens with zero attached hydrogens (tertiary/aromatic N) is 4. The molecule has 0 saturated carbocycles. The predicted octanol–water partition coefficient (Wildman–Crippen LogP) is 11.2. The van der Waals surface area contributed by atoms with Gasteiger partial charge in [-0.3, -0.25) is 9.13 Å². The average Bonchev–Trinajstić information content (AvgIpc) is 3.89. The zero-order chi connectivity index (χ0) is 41.7. The number of fused-ring (bicyclic) bond motifs is 6. The first-order valence-corrected chi connectivity index (χ1v) is 23.8. The summed E-state index contributed by atoms with van der Waals surface area (Å²) in [6.45, 7) is 0. The van der Waals surface area contributed by atoms with Crippen molar-refractivity contribution in [2.24, 2.45) is 9.98 Å². The Bertz CT molecular complexity index is 3400. The minimum absolute atomic E-state index is 0.221. The quantitative estimate of drug-likeness (QED) is 0.118. The predicted molar refractivity (Wildman–Crippen MR) is 267 cm³/mol.